The highest BCUT2D eigenvalue weighted by Gasteiger charge is 2.07. The summed E-state index contributed by atoms with van der Waals surface area (Å²) < 4.78 is 0. The van der Waals surface area contributed by atoms with Crippen molar-refractivity contribution in [2.24, 2.45) is 0 Å². The van der Waals surface area contributed by atoms with Gasteiger partial charge in [-0.15, -0.1) is 11.8 Å². The molecule has 22 heavy (non-hydrogen) atoms. The molecule has 0 unspecified atom stereocenters. The van der Waals surface area contributed by atoms with Crippen LogP contribution in [-0.2, 0) is 6.42 Å². The minimum atomic E-state index is -0.237. The number of nitrogens with zero attached hydrogens (tertiary/aromatic N) is 1. The van der Waals surface area contributed by atoms with E-state index in [2.05, 4.69) is 15.0 Å². The number of aromatic amines is 2. The number of hydrogen-bond donors (Lipinski definition) is 3. The lowest BCUT2D eigenvalue weighted by Gasteiger charge is -2.02. The summed E-state index contributed by atoms with van der Waals surface area (Å²) in [4.78, 5) is 22.4. The Morgan fingerprint density at radius 1 is 1.14 bits per heavy atom. The van der Waals surface area contributed by atoms with Crippen molar-refractivity contribution in [1.82, 2.24) is 15.0 Å². The highest BCUT2D eigenvalue weighted by Crippen LogP contribution is 2.27. The van der Waals surface area contributed by atoms with Gasteiger partial charge in [0.25, 0.3) is 5.56 Å². The molecular formula is C14H12Cl2N4OS. The predicted octanol–water partition coefficient (Wildman–Crippen LogP) is 3.48. The normalized spacial score (nSPS) is 11.2. The Morgan fingerprint density at radius 3 is 2.59 bits per heavy atom. The average Bonchev–Trinajstić information content (AvgIpc) is 2.80. The minimum absolute atomic E-state index is 0.105. The number of rotatable bonds is 4. The van der Waals surface area contributed by atoms with Crippen molar-refractivity contribution in [2.45, 2.75) is 11.3 Å². The van der Waals surface area contributed by atoms with E-state index < -0.39 is 0 Å². The Labute approximate surface area is 140 Å². The van der Waals surface area contributed by atoms with Gasteiger partial charge in [0, 0.05) is 26.4 Å². The topological polar surface area (TPSA) is 87.6 Å². The predicted molar refractivity (Wildman–Crippen MR) is 92.0 cm³/mol. The summed E-state index contributed by atoms with van der Waals surface area (Å²) in [7, 11) is 0. The van der Waals surface area contributed by atoms with E-state index in [4.69, 9.17) is 28.9 Å². The molecule has 0 aliphatic rings. The first-order valence-electron chi connectivity index (χ1n) is 6.47. The Morgan fingerprint density at radius 2 is 1.86 bits per heavy atom. The summed E-state index contributed by atoms with van der Waals surface area (Å²) in [6.07, 6.45) is 0.754. The summed E-state index contributed by atoms with van der Waals surface area (Å²) >= 11 is 13.6. The van der Waals surface area contributed by atoms with Crippen LogP contribution in [0.2, 0.25) is 10.0 Å². The monoisotopic (exact) mass is 354 g/mol. The number of H-pyrrole nitrogens is 2. The fraction of sp³-hybridized carbons (Fsp3) is 0.143. The van der Waals surface area contributed by atoms with Crippen molar-refractivity contribution >= 4 is 51.9 Å². The largest absolute Gasteiger partial charge is 0.369 e. The van der Waals surface area contributed by atoms with Gasteiger partial charge in [-0.1, -0.05) is 23.2 Å². The molecule has 0 saturated heterocycles. The molecule has 0 saturated carbocycles. The average molecular weight is 355 g/mol. The molecule has 0 fully saturated rings. The number of nitrogens with one attached hydrogen (secondary N) is 2. The quantitative estimate of drug-likeness (QED) is 0.626. The van der Waals surface area contributed by atoms with Crippen molar-refractivity contribution in [3.05, 3.63) is 50.4 Å². The number of anilines is 1. The SMILES string of the molecule is Nc1nc2[nH]c(CCSc3cc(Cl)cc(Cl)c3)cc2c(=O)[nH]1. The van der Waals surface area contributed by atoms with E-state index in [-0.39, 0.29) is 11.5 Å². The molecule has 0 aliphatic heterocycles. The van der Waals surface area contributed by atoms with Crippen molar-refractivity contribution in [3.8, 4) is 0 Å². The Kier molecular flexibility index (Phi) is 4.33. The second-order valence-corrected chi connectivity index (χ2v) is 6.75. The Bertz CT molecular complexity index is 870. The third-order valence-electron chi connectivity index (χ3n) is 3.05. The van der Waals surface area contributed by atoms with Crippen LogP contribution in [0, 0.1) is 0 Å². The maximum absolute atomic E-state index is 11.8. The van der Waals surface area contributed by atoms with Gasteiger partial charge in [0.2, 0.25) is 5.95 Å². The zero-order valence-electron chi connectivity index (χ0n) is 11.3. The summed E-state index contributed by atoms with van der Waals surface area (Å²) in [5.74, 6) is 0.922. The first-order chi connectivity index (χ1) is 10.5. The van der Waals surface area contributed by atoms with Crippen LogP contribution in [0.4, 0.5) is 5.95 Å². The number of benzene rings is 1. The van der Waals surface area contributed by atoms with Gasteiger partial charge in [0.05, 0.1) is 5.39 Å². The molecule has 4 N–H and O–H groups in total. The molecule has 1 aromatic carbocycles. The van der Waals surface area contributed by atoms with Crippen molar-refractivity contribution < 1.29 is 0 Å². The first kappa shape index (κ1) is 15.3. The second kappa shape index (κ2) is 6.24. The van der Waals surface area contributed by atoms with Gasteiger partial charge < -0.3 is 10.7 Å². The lowest BCUT2D eigenvalue weighted by Crippen LogP contribution is -2.09. The van der Waals surface area contributed by atoms with Gasteiger partial charge in [-0.3, -0.25) is 9.78 Å². The summed E-state index contributed by atoms with van der Waals surface area (Å²) in [5, 5.41) is 1.75. The molecule has 0 atom stereocenters. The van der Waals surface area contributed by atoms with E-state index in [0.717, 1.165) is 22.8 Å². The highest BCUT2D eigenvalue weighted by molar-refractivity contribution is 7.99. The van der Waals surface area contributed by atoms with Gasteiger partial charge in [-0.05, 0) is 30.7 Å². The van der Waals surface area contributed by atoms with Crippen molar-refractivity contribution in [1.29, 1.82) is 0 Å². The van der Waals surface area contributed by atoms with Gasteiger partial charge in [0.1, 0.15) is 5.65 Å². The molecule has 0 radical (unpaired) electrons. The zero-order valence-corrected chi connectivity index (χ0v) is 13.6. The lowest BCUT2D eigenvalue weighted by atomic mass is 10.3. The third-order valence-corrected chi connectivity index (χ3v) is 4.46. The van der Waals surface area contributed by atoms with Crippen molar-refractivity contribution in [3.63, 3.8) is 0 Å². The number of fused-ring (bicyclic) bond motifs is 1. The van der Waals surface area contributed by atoms with Crippen LogP contribution in [0.3, 0.4) is 0 Å². The molecule has 0 spiro atoms. The van der Waals surface area contributed by atoms with E-state index in [1.807, 2.05) is 12.1 Å². The van der Waals surface area contributed by atoms with E-state index in [0.29, 0.717) is 21.1 Å². The molecular weight excluding hydrogens is 343 g/mol. The Balaban J connectivity index is 1.71. The zero-order chi connectivity index (χ0) is 15.7. The van der Waals surface area contributed by atoms with Gasteiger partial charge in [-0.25, -0.2) is 0 Å². The van der Waals surface area contributed by atoms with Crippen LogP contribution in [0.5, 0.6) is 0 Å². The molecule has 0 aliphatic carbocycles. The molecule has 8 heteroatoms. The van der Waals surface area contributed by atoms with Gasteiger partial charge >= 0.3 is 0 Å². The van der Waals surface area contributed by atoms with Crippen molar-refractivity contribution in [2.75, 3.05) is 11.5 Å². The van der Waals surface area contributed by atoms with Gasteiger partial charge in [-0.2, -0.15) is 4.98 Å². The smallest absolute Gasteiger partial charge is 0.261 e. The first-order valence-corrected chi connectivity index (χ1v) is 8.22. The third kappa shape index (κ3) is 3.40. The molecule has 2 heterocycles. The summed E-state index contributed by atoms with van der Waals surface area (Å²) in [6, 6.07) is 7.24. The maximum Gasteiger partial charge on any atom is 0.261 e. The molecule has 3 rings (SSSR count). The van der Waals surface area contributed by atoms with Crippen LogP contribution in [0.15, 0.2) is 34.0 Å². The van der Waals surface area contributed by atoms with Crippen LogP contribution in [0.25, 0.3) is 11.0 Å². The maximum atomic E-state index is 11.8. The van der Waals surface area contributed by atoms with Crippen LogP contribution < -0.4 is 11.3 Å². The molecule has 0 bridgehead atoms. The lowest BCUT2D eigenvalue weighted by molar-refractivity contribution is 1.08. The van der Waals surface area contributed by atoms with Crippen LogP contribution >= 0.6 is 35.0 Å². The number of aromatic nitrogens is 3. The van der Waals surface area contributed by atoms with Gasteiger partial charge in [0.15, 0.2) is 0 Å². The number of halogens is 2. The molecule has 2 aromatic heterocycles. The fourth-order valence-electron chi connectivity index (χ4n) is 2.12. The standard InChI is InChI=1S/C14H12Cl2N4OS/c15-7-3-8(16)5-10(4-7)22-2-1-9-6-11-12(18-9)19-14(17)20-13(11)21/h3-6H,1-2H2,(H4,17,18,19,20,21). The number of thioether (sulfide) groups is 1. The fourth-order valence-corrected chi connectivity index (χ4v) is 3.75. The Hall–Kier alpha value is -1.63. The van der Waals surface area contributed by atoms with E-state index in [1.165, 1.54) is 0 Å². The van der Waals surface area contributed by atoms with Crippen LogP contribution in [0.1, 0.15) is 5.69 Å². The number of nitrogen functional groups attached to an aromatic ring is 1. The van der Waals surface area contributed by atoms with Crippen LogP contribution in [-0.4, -0.2) is 20.7 Å². The second-order valence-electron chi connectivity index (χ2n) is 4.71. The number of aryl methyl sites for hydroxylation is 1. The minimum Gasteiger partial charge on any atom is -0.369 e. The van der Waals surface area contributed by atoms with E-state index >= 15 is 0 Å². The molecule has 0 amide bonds. The summed E-state index contributed by atoms with van der Waals surface area (Å²) in [6.45, 7) is 0. The molecule has 5 nitrogen and oxygen atoms in total. The molecule has 3 aromatic rings. The summed E-state index contributed by atoms with van der Waals surface area (Å²) in [5.41, 5.74) is 6.72. The number of nitrogens with two attached hydrogens (primary N) is 1. The number of hydrogen-bond acceptors (Lipinski definition) is 4. The van der Waals surface area contributed by atoms with E-state index in [1.54, 1.807) is 23.9 Å². The highest BCUT2D eigenvalue weighted by atomic mass is 35.5. The molecule has 114 valence electrons. The van der Waals surface area contributed by atoms with E-state index in [9.17, 15) is 4.79 Å².